The zero-order valence-corrected chi connectivity index (χ0v) is 20.1. The summed E-state index contributed by atoms with van der Waals surface area (Å²) in [4.78, 5) is 34.0. The molecule has 2 fully saturated rings. The van der Waals surface area contributed by atoms with Crippen molar-refractivity contribution in [2.45, 2.75) is 32.1 Å². The first-order valence-electron chi connectivity index (χ1n) is 11.6. The molecule has 12 heteroatoms. The number of benzene rings is 1. The first kappa shape index (κ1) is 23.8. The van der Waals surface area contributed by atoms with Gasteiger partial charge in [-0.2, -0.15) is 15.0 Å². The fourth-order valence-corrected chi connectivity index (χ4v) is 4.81. The quantitative estimate of drug-likeness (QED) is 0.492. The van der Waals surface area contributed by atoms with E-state index in [0.29, 0.717) is 75.0 Å². The number of halogens is 3. The number of piperidine rings is 1. The number of imidazole rings is 1. The van der Waals surface area contributed by atoms with Gasteiger partial charge in [0.1, 0.15) is 11.7 Å². The number of carbonyl (C=O) groups excluding carboxylic acids is 1. The van der Waals surface area contributed by atoms with E-state index in [4.69, 9.17) is 21.3 Å². The average Bonchev–Trinajstić information content (AvgIpc) is 3.30. The summed E-state index contributed by atoms with van der Waals surface area (Å²) in [5, 5.41) is 0. The largest absolute Gasteiger partial charge is 0.378 e. The fraction of sp³-hybridized carbons (Fsp3) is 0.522. The van der Waals surface area contributed by atoms with Crippen LogP contribution in [-0.2, 0) is 9.53 Å². The van der Waals surface area contributed by atoms with E-state index < -0.39 is 12.2 Å². The third-order valence-corrected chi connectivity index (χ3v) is 6.79. The van der Waals surface area contributed by atoms with Gasteiger partial charge in [-0.05, 0) is 31.4 Å². The van der Waals surface area contributed by atoms with Crippen LogP contribution in [0.15, 0.2) is 18.2 Å². The van der Waals surface area contributed by atoms with Gasteiger partial charge < -0.3 is 14.5 Å². The Hall–Kier alpha value is -2.92. The van der Waals surface area contributed by atoms with E-state index in [2.05, 4.69) is 15.0 Å². The van der Waals surface area contributed by atoms with Gasteiger partial charge >= 0.3 is 0 Å². The number of aryl methyl sites for hydroxylation is 1. The molecule has 0 N–H and O–H groups in total. The lowest BCUT2D eigenvalue weighted by Gasteiger charge is -2.32. The van der Waals surface area contributed by atoms with Crippen LogP contribution in [0.2, 0.25) is 0 Å². The zero-order valence-electron chi connectivity index (χ0n) is 19.3. The summed E-state index contributed by atoms with van der Waals surface area (Å²) < 4.78 is 35.0. The number of fused-ring (bicyclic) bond motifs is 1. The Balaban J connectivity index is 1.60. The molecule has 2 saturated heterocycles. The molecule has 0 radical (unpaired) electrons. The highest BCUT2D eigenvalue weighted by Crippen LogP contribution is 2.31. The van der Waals surface area contributed by atoms with Gasteiger partial charge in [0.15, 0.2) is 5.82 Å². The molecule has 3 aromatic rings. The van der Waals surface area contributed by atoms with Crippen LogP contribution in [0.1, 0.15) is 42.4 Å². The predicted molar refractivity (Wildman–Crippen MR) is 126 cm³/mol. The molecule has 0 spiro atoms. The topological polar surface area (TPSA) is 89.3 Å². The number of anilines is 1. The molecule has 5 rings (SSSR count). The highest BCUT2D eigenvalue weighted by Gasteiger charge is 2.29. The maximum atomic E-state index is 14.1. The van der Waals surface area contributed by atoms with Gasteiger partial charge in [-0.1, -0.05) is 12.1 Å². The van der Waals surface area contributed by atoms with Crippen molar-refractivity contribution in [2.24, 2.45) is 0 Å². The minimum absolute atomic E-state index is 0.0394. The van der Waals surface area contributed by atoms with Crippen molar-refractivity contribution in [3.8, 4) is 5.95 Å². The number of hydrogen-bond donors (Lipinski definition) is 0. The normalized spacial score (nSPS) is 17.5. The lowest BCUT2D eigenvalue weighted by Crippen LogP contribution is -2.40. The van der Waals surface area contributed by atoms with Crippen molar-refractivity contribution in [1.29, 1.82) is 0 Å². The molecule has 1 amide bonds. The Morgan fingerprint density at radius 3 is 2.49 bits per heavy atom. The van der Waals surface area contributed by atoms with Crippen molar-refractivity contribution in [1.82, 2.24) is 29.4 Å². The Kier molecular flexibility index (Phi) is 6.79. The number of alkyl halides is 3. The number of aromatic nitrogens is 5. The second-order valence-corrected chi connectivity index (χ2v) is 9.00. The molecular weight excluding hydrogens is 480 g/mol. The van der Waals surface area contributed by atoms with Gasteiger partial charge in [0.25, 0.3) is 6.43 Å². The van der Waals surface area contributed by atoms with Crippen LogP contribution in [0, 0.1) is 6.92 Å². The van der Waals surface area contributed by atoms with E-state index in [1.54, 1.807) is 17.0 Å². The number of carbonyl (C=O) groups is 1. The van der Waals surface area contributed by atoms with Crippen LogP contribution >= 0.6 is 11.6 Å². The fourth-order valence-electron chi connectivity index (χ4n) is 4.64. The molecule has 2 aromatic heterocycles. The second kappa shape index (κ2) is 9.98. The van der Waals surface area contributed by atoms with Crippen molar-refractivity contribution in [3.63, 3.8) is 0 Å². The number of likely N-dealkylation sites (tertiary alicyclic amines) is 1. The molecule has 9 nitrogen and oxygen atoms in total. The number of ether oxygens (including phenoxy) is 1. The van der Waals surface area contributed by atoms with Gasteiger partial charge in [0.2, 0.25) is 17.8 Å². The van der Waals surface area contributed by atoms with Crippen molar-refractivity contribution in [2.75, 3.05) is 50.2 Å². The number of hydrogen-bond acceptors (Lipinski definition) is 7. The number of nitrogens with zero attached hydrogens (tertiary/aromatic N) is 7. The second-order valence-electron chi connectivity index (χ2n) is 8.73. The minimum atomic E-state index is -2.81. The third kappa shape index (κ3) is 4.66. The highest BCUT2D eigenvalue weighted by atomic mass is 35.5. The number of morpholine rings is 1. The van der Waals surface area contributed by atoms with Crippen molar-refractivity contribution in [3.05, 3.63) is 35.4 Å². The van der Waals surface area contributed by atoms with Crippen molar-refractivity contribution >= 4 is 34.5 Å². The van der Waals surface area contributed by atoms with Gasteiger partial charge in [-0.25, -0.2) is 13.8 Å². The summed E-state index contributed by atoms with van der Waals surface area (Å²) in [5.74, 6) is 0.498. The zero-order chi connectivity index (χ0) is 24.5. The molecule has 35 heavy (non-hydrogen) atoms. The van der Waals surface area contributed by atoms with E-state index in [1.165, 1.54) is 4.57 Å². The summed E-state index contributed by atoms with van der Waals surface area (Å²) in [7, 11) is 0. The lowest BCUT2D eigenvalue weighted by molar-refractivity contribution is -0.129. The standard InChI is InChI=1S/C23H26ClF2N7O2/c1-14-3-2-4-16-18(14)27-21(19(25)26)33(16)23-29-20(15-5-7-31(8-6-15)17(34)13-24)28-22(30-23)32-9-11-35-12-10-32/h2-4,15,19H,5-13H2,1H3. The molecule has 0 atom stereocenters. The van der Waals surface area contributed by atoms with Crippen LogP contribution < -0.4 is 4.90 Å². The molecule has 1 aromatic carbocycles. The van der Waals surface area contributed by atoms with E-state index in [1.807, 2.05) is 17.9 Å². The first-order valence-corrected chi connectivity index (χ1v) is 12.2. The molecule has 2 aliphatic rings. The smallest absolute Gasteiger partial charge is 0.296 e. The van der Waals surface area contributed by atoms with E-state index >= 15 is 0 Å². The molecule has 2 aliphatic heterocycles. The van der Waals surface area contributed by atoms with Crippen LogP contribution in [-0.4, -0.2) is 80.6 Å². The number of amides is 1. The average molecular weight is 506 g/mol. The van der Waals surface area contributed by atoms with Gasteiger partial charge in [0.05, 0.1) is 24.2 Å². The summed E-state index contributed by atoms with van der Waals surface area (Å²) in [6.07, 6.45) is -1.50. The monoisotopic (exact) mass is 505 g/mol. The Bertz CT molecular complexity index is 1220. The summed E-state index contributed by atoms with van der Waals surface area (Å²) in [6, 6.07) is 5.39. The summed E-state index contributed by atoms with van der Waals surface area (Å²) in [5.41, 5.74) is 1.81. The van der Waals surface area contributed by atoms with E-state index in [9.17, 15) is 13.6 Å². The van der Waals surface area contributed by atoms with E-state index in [-0.39, 0.29) is 23.7 Å². The lowest BCUT2D eigenvalue weighted by atomic mass is 9.96. The Labute approximate surface area is 206 Å². The maximum absolute atomic E-state index is 14.1. The highest BCUT2D eigenvalue weighted by molar-refractivity contribution is 6.27. The Morgan fingerprint density at radius 2 is 1.80 bits per heavy atom. The van der Waals surface area contributed by atoms with Gasteiger partial charge in [-0.15, -0.1) is 11.6 Å². The first-order chi connectivity index (χ1) is 17.0. The SMILES string of the molecule is Cc1cccc2c1nc(C(F)F)n2-c1nc(C2CCN(C(=O)CCl)CC2)nc(N2CCOCC2)n1. The molecular formula is C23H26ClF2N7O2. The van der Waals surface area contributed by atoms with Crippen LogP contribution in [0.5, 0.6) is 0 Å². The van der Waals surface area contributed by atoms with Gasteiger partial charge in [0, 0.05) is 32.1 Å². The van der Waals surface area contributed by atoms with Crippen LogP contribution in [0.3, 0.4) is 0 Å². The van der Waals surface area contributed by atoms with Gasteiger partial charge in [-0.3, -0.25) is 9.36 Å². The molecule has 0 aliphatic carbocycles. The van der Waals surface area contributed by atoms with E-state index in [0.717, 1.165) is 5.56 Å². The number of rotatable bonds is 5. The summed E-state index contributed by atoms with van der Waals surface area (Å²) in [6.45, 7) is 5.17. The number of para-hydroxylation sites is 1. The molecule has 0 saturated carbocycles. The molecule has 0 bridgehead atoms. The molecule has 4 heterocycles. The van der Waals surface area contributed by atoms with Crippen LogP contribution in [0.4, 0.5) is 14.7 Å². The predicted octanol–water partition coefficient (Wildman–Crippen LogP) is 3.24. The minimum Gasteiger partial charge on any atom is -0.378 e. The molecule has 186 valence electrons. The molecule has 0 unspecified atom stereocenters. The Morgan fingerprint density at radius 1 is 1.09 bits per heavy atom. The maximum Gasteiger partial charge on any atom is 0.296 e. The van der Waals surface area contributed by atoms with Crippen molar-refractivity contribution < 1.29 is 18.3 Å². The third-order valence-electron chi connectivity index (χ3n) is 6.56. The summed E-state index contributed by atoms with van der Waals surface area (Å²) >= 11 is 5.71. The van der Waals surface area contributed by atoms with Crippen LogP contribution in [0.25, 0.3) is 17.0 Å².